The van der Waals surface area contributed by atoms with Crippen LogP contribution < -0.4 is 16.0 Å². The molecule has 1 fully saturated rings. The summed E-state index contributed by atoms with van der Waals surface area (Å²) in [5.41, 5.74) is 0.583. The number of halogens is 1. The molecule has 0 bridgehead atoms. The van der Waals surface area contributed by atoms with E-state index < -0.39 is 6.04 Å². The van der Waals surface area contributed by atoms with Crippen molar-refractivity contribution in [2.24, 2.45) is 0 Å². The van der Waals surface area contributed by atoms with Crippen molar-refractivity contribution in [3.05, 3.63) is 29.3 Å². The number of urea groups is 1. The first-order valence-electron chi connectivity index (χ1n) is 7.39. The average Bonchev–Trinajstić information content (AvgIpc) is 2.52. The molecule has 0 unspecified atom stereocenters. The molecule has 1 atom stereocenters. The van der Waals surface area contributed by atoms with Gasteiger partial charge in [0.15, 0.2) is 0 Å². The molecule has 2 rings (SSSR count). The summed E-state index contributed by atoms with van der Waals surface area (Å²) in [5.74, 6) is -0.669. The Morgan fingerprint density at radius 3 is 2.70 bits per heavy atom. The van der Waals surface area contributed by atoms with Crippen molar-refractivity contribution in [3.63, 3.8) is 0 Å². The van der Waals surface area contributed by atoms with E-state index in [1.807, 2.05) is 0 Å². The summed E-state index contributed by atoms with van der Waals surface area (Å²) in [5, 5.41) is 8.59. The number of nitrogens with one attached hydrogen (secondary N) is 3. The number of piperazine rings is 1. The van der Waals surface area contributed by atoms with E-state index in [1.54, 1.807) is 31.2 Å². The maximum atomic E-state index is 12.2. The summed E-state index contributed by atoms with van der Waals surface area (Å²) < 4.78 is 0. The second kappa shape index (κ2) is 7.82. The minimum absolute atomic E-state index is 0.106. The molecule has 0 saturated carbocycles. The zero-order valence-electron chi connectivity index (χ0n) is 12.8. The molecule has 1 heterocycles. The van der Waals surface area contributed by atoms with Crippen LogP contribution in [-0.4, -0.2) is 48.4 Å². The lowest BCUT2D eigenvalue weighted by molar-refractivity contribution is -0.131. The van der Waals surface area contributed by atoms with E-state index in [1.165, 1.54) is 4.90 Å². The largest absolute Gasteiger partial charge is 0.353 e. The van der Waals surface area contributed by atoms with E-state index in [0.29, 0.717) is 30.3 Å². The Hall–Kier alpha value is -2.28. The lowest BCUT2D eigenvalue weighted by Gasteiger charge is -2.34. The molecule has 0 aromatic heterocycles. The molecule has 0 aliphatic carbocycles. The van der Waals surface area contributed by atoms with E-state index in [-0.39, 0.29) is 24.3 Å². The van der Waals surface area contributed by atoms with E-state index in [2.05, 4.69) is 16.0 Å². The topological polar surface area (TPSA) is 90.5 Å². The zero-order valence-corrected chi connectivity index (χ0v) is 13.5. The van der Waals surface area contributed by atoms with Crippen LogP contribution in [0.3, 0.4) is 0 Å². The quantitative estimate of drug-likeness (QED) is 0.770. The van der Waals surface area contributed by atoms with Gasteiger partial charge in [0, 0.05) is 30.3 Å². The smallest absolute Gasteiger partial charge is 0.318 e. The Labute approximate surface area is 139 Å². The van der Waals surface area contributed by atoms with E-state index in [0.717, 1.165) is 0 Å². The highest BCUT2D eigenvalue weighted by atomic mass is 35.5. The minimum Gasteiger partial charge on any atom is -0.353 e. The van der Waals surface area contributed by atoms with Gasteiger partial charge in [0.2, 0.25) is 11.8 Å². The van der Waals surface area contributed by atoms with Crippen molar-refractivity contribution < 1.29 is 14.4 Å². The number of hydrogen-bond donors (Lipinski definition) is 3. The number of carbonyl (C=O) groups is 3. The summed E-state index contributed by atoms with van der Waals surface area (Å²) in [4.78, 5) is 37.6. The summed E-state index contributed by atoms with van der Waals surface area (Å²) in [6.07, 6.45) is -0.106. The van der Waals surface area contributed by atoms with Gasteiger partial charge in [-0.2, -0.15) is 0 Å². The second-order valence-corrected chi connectivity index (χ2v) is 5.53. The van der Waals surface area contributed by atoms with Gasteiger partial charge in [-0.25, -0.2) is 4.79 Å². The van der Waals surface area contributed by atoms with Crippen LogP contribution in [0.25, 0.3) is 0 Å². The van der Waals surface area contributed by atoms with Crippen molar-refractivity contribution in [2.75, 3.05) is 25.0 Å². The highest BCUT2D eigenvalue weighted by molar-refractivity contribution is 6.30. The van der Waals surface area contributed by atoms with Crippen molar-refractivity contribution in [1.82, 2.24) is 15.5 Å². The Kier molecular flexibility index (Phi) is 5.81. The van der Waals surface area contributed by atoms with Crippen LogP contribution in [0.15, 0.2) is 24.3 Å². The van der Waals surface area contributed by atoms with Crippen LogP contribution in [0, 0.1) is 0 Å². The van der Waals surface area contributed by atoms with Crippen LogP contribution in [-0.2, 0) is 9.59 Å². The number of rotatable bonds is 4. The summed E-state index contributed by atoms with van der Waals surface area (Å²) in [6, 6.07) is 5.50. The first kappa shape index (κ1) is 17.1. The SMILES string of the molecule is CCNC(=O)N1CCNC(=O)[C@@H]1CC(=O)Nc1ccc(Cl)cc1. The van der Waals surface area contributed by atoms with E-state index >= 15 is 0 Å². The van der Waals surface area contributed by atoms with Crippen LogP contribution in [0.1, 0.15) is 13.3 Å². The average molecular weight is 339 g/mol. The maximum absolute atomic E-state index is 12.2. The number of amides is 4. The number of hydrogen-bond acceptors (Lipinski definition) is 3. The summed E-state index contributed by atoms with van der Waals surface area (Å²) in [6.45, 7) is 3.01. The fourth-order valence-corrected chi connectivity index (χ4v) is 2.46. The predicted molar refractivity (Wildman–Crippen MR) is 87.3 cm³/mol. The van der Waals surface area contributed by atoms with Gasteiger partial charge in [0.25, 0.3) is 0 Å². The van der Waals surface area contributed by atoms with Gasteiger partial charge >= 0.3 is 6.03 Å². The van der Waals surface area contributed by atoms with E-state index in [4.69, 9.17) is 11.6 Å². The van der Waals surface area contributed by atoms with Gasteiger partial charge in [-0.3, -0.25) is 9.59 Å². The highest BCUT2D eigenvalue weighted by Gasteiger charge is 2.34. The standard InChI is InChI=1S/C15H19ClN4O3/c1-2-17-15(23)20-8-7-18-14(22)12(20)9-13(21)19-11-5-3-10(16)4-6-11/h3-6,12H,2,7-9H2,1H3,(H,17,23)(H,18,22)(H,19,21)/t12-/m0/s1. The molecule has 0 radical (unpaired) electrons. The minimum atomic E-state index is -0.817. The Morgan fingerprint density at radius 1 is 1.35 bits per heavy atom. The maximum Gasteiger partial charge on any atom is 0.318 e. The Balaban J connectivity index is 2.01. The zero-order chi connectivity index (χ0) is 16.8. The van der Waals surface area contributed by atoms with Crippen LogP contribution in [0.5, 0.6) is 0 Å². The van der Waals surface area contributed by atoms with Gasteiger partial charge in [-0.05, 0) is 31.2 Å². The van der Waals surface area contributed by atoms with Crippen LogP contribution in [0.2, 0.25) is 5.02 Å². The van der Waals surface area contributed by atoms with Crippen molar-refractivity contribution in [2.45, 2.75) is 19.4 Å². The second-order valence-electron chi connectivity index (χ2n) is 5.09. The molecule has 8 heteroatoms. The highest BCUT2D eigenvalue weighted by Crippen LogP contribution is 2.15. The fraction of sp³-hybridized carbons (Fsp3) is 0.400. The monoisotopic (exact) mass is 338 g/mol. The summed E-state index contributed by atoms with van der Waals surface area (Å²) in [7, 11) is 0. The van der Waals surface area contributed by atoms with Crippen LogP contribution >= 0.6 is 11.6 Å². The van der Waals surface area contributed by atoms with Gasteiger partial charge in [-0.15, -0.1) is 0 Å². The van der Waals surface area contributed by atoms with Gasteiger partial charge in [0.05, 0.1) is 6.42 Å². The lowest BCUT2D eigenvalue weighted by atomic mass is 10.1. The van der Waals surface area contributed by atoms with Crippen molar-refractivity contribution in [1.29, 1.82) is 0 Å². The van der Waals surface area contributed by atoms with Crippen molar-refractivity contribution >= 4 is 35.1 Å². The number of carbonyl (C=O) groups excluding carboxylic acids is 3. The third-order valence-corrected chi connectivity index (χ3v) is 3.68. The third-order valence-electron chi connectivity index (χ3n) is 3.43. The van der Waals surface area contributed by atoms with Gasteiger partial charge < -0.3 is 20.9 Å². The predicted octanol–water partition coefficient (Wildman–Crippen LogP) is 1.20. The molecular formula is C15H19ClN4O3. The Morgan fingerprint density at radius 2 is 2.04 bits per heavy atom. The molecule has 124 valence electrons. The third kappa shape index (κ3) is 4.59. The van der Waals surface area contributed by atoms with Crippen molar-refractivity contribution in [3.8, 4) is 0 Å². The molecule has 1 saturated heterocycles. The Bertz CT molecular complexity index is 591. The van der Waals surface area contributed by atoms with Gasteiger partial charge in [-0.1, -0.05) is 11.6 Å². The molecule has 1 aliphatic rings. The van der Waals surface area contributed by atoms with E-state index in [9.17, 15) is 14.4 Å². The normalized spacial score (nSPS) is 17.4. The lowest BCUT2D eigenvalue weighted by Crippen LogP contribution is -2.60. The van der Waals surface area contributed by atoms with Crippen LogP contribution in [0.4, 0.5) is 10.5 Å². The molecule has 1 aliphatic heterocycles. The molecule has 1 aromatic rings. The number of nitrogens with zero attached hydrogens (tertiary/aromatic N) is 1. The molecule has 3 N–H and O–H groups in total. The molecule has 23 heavy (non-hydrogen) atoms. The molecular weight excluding hydrogens is 320 g/mol. The first-order valence-corrected chi connectivity index (χ1v) is 7.76. The molecule has 0 spiro atoms. The molecule has 7 nitrogen and oxygen atoms in total. The molecule has 4 amide bonds. The summed E-state index contributed by atoms with van der Waals surface area (Å²) >= 11 is 5.79. The molecule has 1 aromatic carbocycles. The van der Waals surface area contributed by atoms with Gasteiger partial charge in [0.1, 0.15) is 6.04 Å². The number of anilines is 1. The number of benzene rings is 1. The first-order chi connectivity index (χ1) is 11.0. The fourth-order valence-electron chi connectivity index (χ4n) is 2.33.